The lowest BCUT2D eigenvalue weighted by atomic mass is 10.1. The van der Waals surface area contributed by atoms with Crippen LogP contribution in [0.5, 0.6) is 0 Å². The van der Waals surface area contributed by atoms with Gasteiger partial charge in [0.15, 0.2) is 0 Å². The van der Waals surface area contributed by atoms with Crippen LogP contribution in [0.1, 0.15) is 11.1 Å². The van der Waals surface area contributed by atoms with Crippen molar-refractivity contribution in [2.45, 2.75) is 13.1 Å². The van der Waals surface area contributed by atoms with Gasteiger partial charge < -0.3 is 0 Å². The SMILES string of the molecule is Cc1cc(-c2ccc(C(F)(F)F)cn2)ccc1Br. The van der Waals surface area contributed by atoms with Gasteiger partial charge in [0, 0.05) is 16.2 Å². The summed E-state index contributed by atoms with van der Waals surface area (Å²) in [6.07, 6.45) is -3.49. The number of pyridine rings is 1. The number of hydrogen-bond donors (Lipinski definition) is 0. The van der Waals surface area contributed by atoms with E-state index in [2.05, 4.69) is 20.9 Å². The second-order valence-electron chi connectivity index (χ2n) is 3.89. The van der Waals surface area contributed by atoms with E-state index < -0.39 is 11.7 Å². The molecule has 0 aliphatic heterocycles. The van der Waals surface area contributed by atoms with Crippen LogP contribution >= 0.6 is 15.9 Å². The standard InChI is InChI=1S/C13H9BrF3N/c1-8-6-9(2-4-11(8)14)12-5-3-10(7-18-12)13(15,16)17/h2-7H,1H3. The number of benzene rings is 1. The average Bonchev–Trinajstić information content (AvgIpc) is 2.32. The van der Waals surface area contributed by atoms with Crippen LogP contribution in [0.25, 0.3) is 11.3 Å². The third kappa shape index (κ3) is 2.72. The first-order chi connectivity index (χ1) is 8.38. The lowest BCUT2D eigenvalue weighted by Crippen LogP contribution is -2.05. The lowest BCUT2D eigenvalue weighted by Gasteiger charge is -2.07. The Balaban J connectivity index is 2.37. The van der Waals surface area contributed by atoms with E-state index in [1.807, 2.05) is 25.1 Å². The molecular formula is C13H9BrF3N. The van der Waals surface area contributed by atoms with Gasteiger partial charge in [-0.3, -0.25) is 4.98 Å². The van der Waals surface area contributed by atoms with Crippen LogP contribution in [0.3, 0.4) is 0 Å². The summed E-state index contributed by atoms with van der Waals surface area (Å²) in [5, 5.41) is 0. The summed E-state index contributed by atoms with van der Waals surface area (Å²) in [7, 11) is 0. The highest BCUT2D eigenvalue weighted by atomic mass is 79.9. The Labute approximate surface area is 111 Å². The predicted octanol–water partition coefficient (Wildman–Crippen LogP) is 4.84. The Morgan fingerprint density at radius 2 is 1.83 bits per heavy atom. The van der Waals surface area contributed by atoms with Crippen LogP contribution in [0.15, 0.2) is 41.0 Å². The molecule has 94 valence electrons. The predicted molar refractivity (Wildman–Crippen MR) is 67.1 cm³/mol. The van der Waals surface area contributed by atoms with Gasteiger partial charge in [0.05, 0.1) is 11.3 Å². The summed E-state index contributed by atoms with van der Waals surface area (Å²) in [4.78, 5) is 3.85. The third-order valence-corrected chi connectivity index (χ3v) is 3.43. The molecule has 0 saturated carbocycles. The molecule has 0 saturated heterocycles. The van der Waals surface area contributed by atoms with Crippen molar-refractivity contribution >= 4 is 15.9 Å². The Morgan fingerprint density at radius 3 is 2.33 bits per heavy atom. The van der Waals surface area contributed by atoms with Crippen LogP contribution < -0.4 is 0 Å². The number of aryl methyl sites for hydroxylation is 1. The van der Waals surface area contributed by atoms with Gasteiger partial charge in [0.1, 0.15) is 0 Å². The molecule has 0 atom stereocenters. The molecule has 2 aromatic rings. The maximum atomic E-state index is 12.4. The molecule has 2 rings (SSSR count). The molecule has 0 N–H and O–H groups in total. The zero-order valence-electron chi connectivity index (χ0n) is 9.42. The Kier molecular flexibility index (Phi) is 3.43. The van der Waals surface area contributed by atoms with E-state index >= 15 is 0 Å². The Morgan fingerprint density at radius 1 is 1.11 bits per heavy atom. The number of rotatable bonds is 1. The highest BCUT2D eigenvalue weighted by molar-refractivity contribution is 9.10. The normalized spacial score (nSPS) is 11.6. The fraction of sp³-hybridized carbons (Fsp3) is 0.154. The Bertz CT molecular complexity index is 561. The monoisotopic (exact) mass is 315 g/mol. The van der Waals surface area contributed by atoms with Crippen molar-refractivity contribution in [3.63, 3.8) is 0 Å². The van der Waals surface area contributed by atoms with E-state index in [1.54, 1.807) is 0 Å². The largest absolute Gasteiger partial charge is 0.417 e. The quantitative estimate of drug-likeness (QED) is 0.734. The average molecular weight is 316 g/mol. The van der Waals surface area contributed by atoms with Crippen molar-refractivity contribution in [2.75, 3.05) is 0 Å². The number of alkyl halides is 3. The first kappa shape index (κ1) is 13.1. The van der Waals surface area contributed by atoms with Gasteiger partial charge in [-0.1, -0.05) is 22.0 Å². The fourth-order valence-electron chi connectivity index (χ4n) is 1.54. The summed E-state index contributed by atoms with van der Waals surface area (Å²) in [5.74, 6) is 0. The summed E-state index contributed by atoms with van der Waals surface area (Å²) in [6.45, 7) is 1.91. The van der Waals surface area contributed by atoms with Crippen molar-refractivity contribution < 1.29 is 13.2 Å². The highest BCUT2D eigenvalue weighted by Gasteiger charge is 2.30. The molecule has 0 unspecified atom stereocenters. The summed E-state index contributed by atoms with van der Waals surface area (Å²) >= 11 is 3.37. The first-order valence-electron chi connectivity index (χ1n) is 5.18. The molecule has 0 fully saturated rings. The van der Waals surface area contributed by atoms with Gasteiger partial charge in [-0.15, -0.1) is 0 Å². The van der Waals surface area contributed by atoms with E-state index in [-0.39, 0.29) is 0 Å². The van der Waals surface area contributed by atoms with Crippen LogP contribution in [0, 0.1) is 6.92 Å². The molecule has 0 radical (unpaired) electrons. The molecule has 0 bridgehead atoms. The van der Waals surface area contributed by atoms with E-state index in [1.165, 1.54) is 6.07 Å². The van der Waals surface area contributed by atoms with Gasteiger partial charge in [-0.05, 0) is 36.8 Å². The second kappa shape index (κ2) is 4.72. The number of halogens is 4. The zero-order chi connectivity index (χ0) is 13.3. The molecule has 1 heterocycles. The van der Waals surface area contributed by atoms with Crippen molar-refractivity contribution in [1.29, 1.82) is 0 Å². The minimum absolute atomic E-state index is 0.526. The number of nitrogens with zero attached hydrogens (tertiary/aromatic N) is 1. The summed E-state index contributed by atoms with van der Waals surface area (Å²) < 4.78 is 38.1. The van der Waals surface area contributed by atoms with E-state index in [0.29, 0.717) is 5.69 Å². The highest BCUT2D eigenvalue weighted by Crippen LogP contribution is 2.30. The first-order valence-corrected chi connectivity index (χ1v) is 5.97. The van der Waals surface area contributed by atoms with Crippen LogP contribution in [0.2, 0.25) is 0 Å². The maximum Gasteiger partial charge on any atom is 0.417 e. The van der Waals surface area contributed by atoms with Crippen molar-refractivity contribution in [1.82, 2.24) is 4.98 Å². The van der Waals surface area contributed by atoms with Gasteiger partial charge >= 0.3 is 6.18 Å². The summed E-state index contributed by atoms with van der Waals surface area (Å²) in [5.41, 5.74) is 1.59. The molecule has 0 spiro atoms. The molecular weight excluding hydrogens is 307 g/mol. The van der Waals surface area contributed by atoms with Gasteiger partial charge in [0.25, 0.3) is 0 Å². The van der Waals surface area contributed by atoms with E-state index in [9.17, 15) is 13.2 Å². The molecule has 1 aromatic carbocycles. The lowest BCUT2D eigenvalue weighted by molar-refractivity contribution is -0.137. The van der Waals surface area contributed by atoms with Crippen molar-refractivity contribution in [3.8, 4) is 11.3 Å². The topological polar surface area (TPSA) is 12.9 Å². The minimum Gasteiger partial charge on any atom is -0.256 e. The number of hydrogen-bond acceptors (Lipinski definition) is 1. The molecule has 0 aliphatic carbocycles. The molecule has 0 aliphatic rings. The molecule has 5 heteroatoms. The van der Waals surface area contributed by atoms with Crippen LogP contribution in [-0.2, 0) is 6.18 Å². The van der Waals surface area contributed by atoms with Crippen LogP contribution in [-0.4, -0.2) is 4.98 Å². The zero-order valence-corrected chi connectivity index (χ0v) is 11.0. The fourth-order valence-corrected chi connectivity index (χ4v) is 1.78. The Hall–Kier alpha value is -1.36. The molecule has 18 heavy (non-hydrogen) atoms. The van der Waals surface area contributed by atoms with Crippen LogP contribution in [0.4, 0.5) is 13.2 Å². The third-order valence-electron chi connectivity index (χ3n) is 2.54. The maximum absolute atomic E-state index is 12.4. The van der Waals surface area contributed by atoms with Crippen molar-refractivity contribution in [2.24, 2.45) is 0 Å². The van der Waals surface area contributed by atoms with Crippen molar-refractivity contribution in [3.05, 3.63) is 52.1 Å². The van der Waals surface area contributed by atoms with E-state index in [4.69, 9.17) is 0 Å². The smallest absolute Gasteiger partial charge is 0.256 e. The molecule has 0 amide bonds. The molecule has 1 nitrogen and oxygen atoms in total. The van der Waals surface area contributed by atoms with Gasteiger partial charge in [-0.25, -0.2) is 0 Å². The number of aromatic nitrogens is 1. The van der Waals surface area contributed by atoms with Gasteiger partial charge in [-0.2, -0.15) is 13.2 Å². The second-order valence-corrected chi connectivity index (χ2v) is 4.75. The minimum atomic E-state index is -4.35. The molecule has 1 aromatic heterocycles. The van der Waals surface area contributed by atoms with Gasteiger partial charge in [0.2, 0.25) is 0 Å². The van der Waals surface area contributed by atoms with E-state index in [0.717, 1.165) is 27.9 Å². The summed E-state index contributed by atoms with van der Waals surface area (Å²) in [6, 6.07) is 7.96.